The van der Waals surface area contributed by atoms with Crippen LogP contribution in [0.3, 0.4) is 0 Å². The first kappa shape index (κ1) is 19.1. The van der Waals surface area contributed by atoms with Crippen LogP contribution in [-0.2, 0) is 9.53 Å². The Bertz CT molecular complexity index is 1250. The Balaban J connectivity index is 1.82. The van der Waals surface area contributed by atoms with E-state index in [0.717, 1.165) is 36.9 Å². The van der Waals surface area contributed by atoms with Crippen LogP contribution in [-0.4, -0.2) is 17.6 Å². The smallest absolute Gasteiger partial charge is 0.306 e. The summed E-state index contributed by atoms with van der Waals surface area (Å²) in [6.07, 6.45) is 4.11. The van der Waals surface area contributed by atoms with Crippen molar-refractivity contribution < 1.29 is 9.53 Å². The molecule has 144 valence electrons. The van der Waals surface area contributed by atoms with Crippen LogP contribution in [0, 0.1) is 11.3 Å². The van der Waals surface area contributed by atoms with E-state index in [2.05, 4.69) is 17.1 Å². The zero-order valence-electron chi connectivity index (χ0n) is 16.3. The molecule has 2 heterocycles. The van der Waals surface area contributed by atoms with Crippen LogP contribution < -0.4 is 0 Å². The van der Waals surface area contributed by atoms with E-state index in [0.29, 0.717) is 18.6 Å². The molecule has 2 aromatic heterocycles. The molecular weight excluding hydrogens is 380 g/mol. The van der Waals surface area contributed by atoms with Gasteiger partial charge in [-0.3, -0.25) is 9.78 Å². The van der Waals surface area contributed by atoms with Gasteiger partial charge in [-0.1, -0.05) is 37.3 Å². The molecule has 0 aliphatic heterocycles. The maximum atomic E-state index is 11.9. The minimum atomic E-state index is -0.172. The third-order valence-corrected chi connectivity index (χ3v) is 6.46. The molecule has 4 aromatic rings. The van der Waals surface area contributed by atoms with E-state index in [1.807, 2.05) is 62.6 Å². The molecule has 2 aromatic carbocycles. The quantitative estimate of drug-likeness (QED) is 0.383. The van der Waals surface area contributed by atoms with Crippen LogP contribution in [0.25, 0.3) is 32.0 Å². The summed E-state index contributed by atoms with van der Waals surface area (Å²) in [6.45, 7) is 4.27. The van der Waals surface area contributed by atoms with E-state index < -0.39 is 0 Å². The molecule has 0 amide bonds. The summed E-state index contributed by atoms with van der Waals surface area (Å²) < 4.78 is 6.24. The number of hydrogen-bond acceptors (Lipinski definition) is 5. The highest BCUT2D eigenvalue weighted by Crippen LogP contribution is 2.40. The number of hydrogen-bond donors (Lipinski definition) is 0. The standard InChI is InChI=1S/C24H20N2O2S/c1-3-28-23(27)10-15(2)22-11-17-13-26-14-21(24(17)29-22)20-9-8-16(12-25)18-6-4-5-7-19(18)20/h4-9,11,13-15H,3,10H2,1-2H3/t15-/m1/s1. The van der Waals surface area contributed by atoms with E-state index >= 15 is 0 Å². The van der Waals surface area contributed by atoms with Gasteiger partial charge < -0.3 is 4.74 Å². The molecule has 4 rings (SSSR count). The Morgan fingerprint density at radius 1 is 1.17 bits per heavy atom. The summed E-state index contributed by atoms with van der Waals surface area (Å²) in [7, 11) is 0. The Hall–Kier alpha value is -3.23. The highest BCUT2D eigenvalue weighted by atomic mass is 32.1. The second-order valence-electron chi connectivity index (χ2n) is 6.98. The largest absolute Gasteiger partial charge is 0.466 e. The number of aromatic nitrogens is 1. The molecule has 0 aliphatic carbocycles. The van der Waals surface area contributed by atoms with Crippen LogP contribution in [0.2, 0.25) is 0 Å². The average molecular weight is 401 g/mol. The lowest BCUT2D eigenvalue weighted by Gasteiger charge is -2.09. The summed E-state index contributed by atoms with van der Waals surface area (Å²) in [5, 5.41) is 12.5. The highest BCUT2D eigenvalue weighted by Gasteiger charge is 2.18. The first-order valence-electron chi connectivity index (χ1n) is 9.57. The number of pyridine rings is 1. The van der Waals surface area contributed by atoms with Crippen LogP contribution in [0.4, 0.5) is 0 Å². The third kappa shape index (κ3) is 3.59. The second kappa shape index (κ2) is 8.02. The van der Waals surface area contributed by atoms with E-state index in [4.69, 9.17) is 4.74 Å². The topological polar surface area (TPSA) is 63.0 Å². The fourth-order valence-corrected chi connectivity index (χ4v) is 4.83. The van der Waals surface area contributed by atoms with Gasteiger partial charge in [0.25, 0.3) is 0 Å². The molecule has 0 fully saturated rings. The number of carbonyl (C=O) groups is 1. The maximum Gasteiger partial charge on any atom is 0.306 e. The molecule has 0 saturated heterocycles. The van der Waals surface area contributed by atoms with Crippen molar-refractivity contribution in [3.63, 3.8) is 0 Å². The predicted molar refractivity (Wildman–Crippen MR) is 117 cm³/mol. The zero-order valence-corrected chi connectivity index (χ0v) is 17.1. The summed E-state index contributed by atoms with van der Waals surface area (Å²) in [5.41, 5.74) is 2.77. The van der Waals surface area contributed by atoms with Gasteiger partial charge in [-0.15, -0.1) is 11.3 Å². The van der Waals surface area contributed by atoms with Crippen molar-refractivity contribution >= 4 is 38.2 Å². The number of esters is 1. The summed E-state index contributed by atoms with van der Waals surface area (Å²) in [6, 6.07) is 16.2. The van der Waals surface area contributed by atoms with Gasteiger partial charge in [0.15, 0.2) is 0 Å². The Labute approximate surface area is 173 Å². The number of nitriles is 1. The number of nitrogens with zero attached hydrogens (tertiary/aromatic N) is 2. The first-order valence-corrected chi connectivity index (χ1v) is 10.4. The number of ether oxygens (including phenoxy) is 1. The van der Waals surface area contributed by atoms with Crippen molar-refractivity contribution in [2.24, 2.45) is 0 Å². The van der Waals surface area contributed by atoms with E-state index in [1.165, 1.54) is 0 Å². The summed E-state index contributed by atoms with van der Waals surface area (Å²) >= 11 is 1.69. The van der Waals surface area contributed by atoms with Crippen LogP contribution in [0.15, 0.2) is 54.9 Å². The number of fused-ring (bicyclic) bond motifs is 2. The zero-order chi connectivity index (χ0) is 20.4. The van der Waals surface area contributed by atoms with Gasteiger partial charge in [0.05, 0.1) is 24.7 Å². The van der Waals surface area contributed by atoms with Crippen molar-refractivity contribution in [3.8, 4) is 17.2 Å². The number of rotatable bonds is 5. The summed E-state index contributed by atoms with van der Waals surface area (Å²) in [5.74, 6) is -0.0918. The number of carbonyl (C=O) groups excluding carboxylic acids is 1. The molecule has 5 heteroatoms. The molecule has 0 unspecified atom stereocenters. The van der Waals surface area contributed by atoms with Crippen molar-refractivity contribution in [2.75, 3.05) is 6.61 Å². The molecule has 0 N–H and O–H groups in total. The minimum Gasteiger partial charge on any atom is -0.466 e. The van der Waals surface area contributed by atoms with E-state index in [9.17, 15) is 10.1 Å². The van der Waals surface area contributed by atoms with Crippen molar-refractivity contribution in [1.29, 1.82) is 5.26 Å². The fraction of sp³-hybridized carbons (Fsp3) is 0.208. The lowest BCUT2D eigenvalue weighted by molar-refractivity contribution is -0.143. The lowest BCUT2D eigenvalue weighted by Crippen LogP contribution is -2.07. The molecule has 1 atom stereocenters. The third-order valence-electron chi connectivity index (χ3n) is 5.04. The van der Waals surface area contributed by atoms with Gasteiger partial charge in [0, 0.05) is 44.2 Å². The normalized spacial score (nSPS) is 12.0. The molecule has 0 bridgehead atoms. The van der Waals surface area contributed by atoms with Gasteiger partial charge in [0.1, 0.15) is 0 Å². The highest BCUT2D eigenvalue weighted by molar-refractivity contribution is 7.19. The molecular formula is C24H20N2O2S. The van der Waals surface area contributed by atoms with Gasteiger partial charge >= 0.3 is 5.97 Å². The second-order valence-corrected chi connectivity index (χ2v) is 8.07. The molecule has 0 saturated carbocycles. The molecule has 4 nitrogen and oxygen atoms in total. The van der Waals surface area contributed by atoms with Gasteiger partial charge in [0.2, 0.25) is 0 Å². The van der Waals surface area contributed by atoms with E-state index in [1.54, 1.807) is 11.3 Å². The van der Waals surface area contributed by atoms with Gasteiger partial charge in [-0.05, 0) is 30.0 Å². The Kier molecular flexibility index (Phi) is 5.28. The monoisotopic (exact) mass is 400 g/mol. The fourth-order valence-electron chi connectivity index (χ4n) is 3.62. The maximum absolute atomic E-state index is 11.9. The SMILES string of the molecule is CCOC(=O)C[C@@H](C)c1cc2cncc(-c3ccc(C#N)c4ccccc34)c2s1. The Morgan fingerprint density at radius 2 is 1.97 bits per heavy atom. The summed E-state index contributed by atoms with van der Waals surface area (Å²) in [4.78, 5) is 17.5. The molecule has 29 heavy (non-hydrogen) atoms. The van der Waals surface area contributed by atoms with E-state index in [-0.39, 0.29) is 11.9 Å². The average Bonchev–Trinajstić information content (AvgIpc) is 3.18. The van der Waals surface area contributed by atoms with Gasteiger partial charge in [-0.25, -0.2) is 0 Å². The number of thiophene rings is 1. The van der Waals surface area contributed by atoms with Crippen molar-refractivity contribution in [2.45, 2.75) is 26.2 Å². The van der Waals surface area contributed by atoms with Crippen molar-refractivity contribution in [1.82, 2.24) is 4.98 Å². The van der Waals surface area contributed by atoms with Crippen molar-refractivity contribution in [3.05, 3.63) is 65.3 Å². The lowest BCUT2D eigenvalue weighted by atomic mass is 9.96. The van der Waals surface area contributed by atoms with Crippen LogP contribution >= 0.6 is 11.3 Å². The predicted octanol–water partition coefficient (Wildman–Crippen LogP) is 6.04. The molecule has 0 radical (unpaired) electrons. The number of benzene rings is 2. The molecule has 0 spiro atoms. The first-order chi connectivity index (χ1) is 14.1. The minimum absolute atomic E-state index is 0.0806. The van der Waals surface area contributed by atoms with Crippen LogP contribution in [0.5, 0.6) is 0 Å². The Morgan fingerprint density at radius 3 is 2.72 bits per heavy atom. The molecule has 0 aliphatic rings. The van der Waals surface area contributed by atoms with Gasteiger partial charge in [-0.2, -0.15) is 5.26 Å². The van der Waals surface area contributed by atoms with Crippen LogP contribution in [0.1, 0.15) is 36.6 Å².